The van der Waals surface area contributed by atoms with Gasteiger partial charge in [-0.25, -0.2) is 0 Å². The fourth-order valence-electron chi connectivity index (χ4n) is 12.0. The minimum atomic E-state index is -0.213. The first-order chi connectivity index (χ1) is 32.0. The van der Waals surface area contributed by atoms with Gasteiger partial charge in [-0.2, -0.15) is 0 Å². The van der Waals surface area contributed by atoms with Crippen molar-refractivity contribution in [3.05, 3.63) is 203 Å². The molecule has 2 aliphatic rings. The highest BCUT2D eigenvalue weighted by Crippen LogP contribution is 2.59. The van der Waals surface area contributed by atoms with E-state index in [9.17, 15) is 0 Å². The number of aryl methyl sites for hydroxylation is 2. The van der Waals surface area contributed by atoms with Crippen LogP contribution in [0.25, 0.3) is 72.7 Å². The zero-order chi connectivity index (χ0) is 44.4. The molecule has 0 fully saturated rings. The molecule has 2 aromatic heterocycles. The van der Waals surface area contributed by atoms with E-state index < -0.39 is 0 Å². The summed E-state index contributed by atoms with van der Waals surface area (Å²) in [5, 5.41) is 12.9. The third-order valence-corrected chi connectivity index (χ3v) is 17.5. The summed E-state index contributed by atoms with van der Waals surface area (Å²) in [6.45, 7) is 14.1. The van der Waals surface area contributed by atoms with E-state index in [1.165, 1.54) is 140 Å². The first-order valence-electron chi connectivity index (χ1n) is 23.2. The summed E-state index contributed by atoms with van der Waals surface area (Å²) in [7, 11) is 0. The van der Waals surface area contributed by atoms with Gasteiger partial charge in [0.05, 0.1) is 34.1 Å². The molecule has 0 aliphatic carbocycles. The van der Waals surface area contributed by atoms with Crippen LogP contribution < -0.4 is 9.80 Å². The number of anilines is 6. The molecular formula is C62H46N2S2. The van der Waals surface area contributed by atoms with Crippen LogP contribution in [0.15, 0.2) is 170 Å². The molecule has 2 nitrogen and oxygen atoms in total. The molecule has 0 saturated heterocycles. The molecule has 66 heavy (non-hydrogen) atoms. The summed E-state index contributed by atoms with van der Waals surface area (Å²) in [6.07, 6.45) is 0. The van der Waals surface area contributed by atoms with Gasteiger partial charge >= 0.3 is 0 Å². The molecule has 316 valence electrons. The Hall–Kier alpha value is -6.98. The lowest BCUT2D eigenvalue weighted by molar-refractivity contribution is 0.632. The van der Waals surface area contributed by atoms with Crippen LogP contribution in [-0.4, -0.2) is 0 Å². The largest absolute Gasteiger partial charge is 0.309 e. The normalized spacial score (nSPS) is 15.0. The van der Waals surface area contributed by atoms with Crippen molar-refractivity contribution in [2.75, 3.05) is 9.80 Å². The number of nitrogens with zero attached hydrogens (tertiary/aromatic N) is 2. The Kier molecular flexibility index (Phi) is 7.73. The van der Waals surface area contributed by atoms with Crippen LogP contribution in [0, 0.1) is 13.8 Å². The van der Waals surface area contributed by atoms with Crippen molar-refractivity contribution >= 4 is 129 Å². The van der Waals surface area contributed by atoms with Gasteiger partial charge < -0.3 is 9.80 Å². The highest BCUT2D eigenvalue weighted by atomic mass is 32.1. The smallest absolute Gasteiger partial charge is 0.0546 e. The molecule has 2 aliphatic heterocycles. The molecule has 0 N–H and O–H groups in total. The molecule has 10 aromatic carbocycles. The number of fused-ring (bicyclic) bond motifs is 15. The minimum Gasteiger partial charge on any atom is -0.309 e. The second kappa shape index (κ2) is 13.3. The van der Waals surface area contributed by atoms with E-state index >= 15 is 0 Å². The van der Waals surface area contributed by atoms with Gasteiger partial charge in [0, 0.05) is 61.9 Å². The van der Waals surface area contributed by atoms with E-state index in [-0.39, 0.29) is 10.8 Å². The van der Waals surface area contributed by atoms with E-state index in [4.69, 9.17) is 0 Å². The van der Waals surface area contributed by atoms with E-state index in [0.29, 0.717) is 0 Å². The Balaban J connectivity index is 1.08. The maximum absolute atomic E-state index is 2.61. The summed E-state index contributed by atoms with van der Waals surface area (Å²) in [4.78, 5) is 5.21. The van der Waals surface area contributed by atoms with Gasteiger partial charge in [0.1, 0.15) is 0 Å². The second-order valence-electron chi connectivity index (χ2n) is 19.9. The van der Waals surface area contributed by atoms with Crippen LogP contribution in [0.1, 0.15) is 61.1 Å². The summed E-state index contributed by atoms with van der Waals surface area (Å²) in [5.41, 5.74) is 14.9. The fraction of sp³-hybridized carbons (Fsp3) is 0.129. The van der Waals surface area contributed by atoms with E-state index in [0.717, 1.165) is 0 Å². The van der Waals surface area contributed by atoms with Crippen LogP contribution in [0.5, 0.6) is 0 Å². The molecule has 0 unspecified atom stereocenters. The van der Waals surface area contributed by atoms with Crippen molar-refractivity contribution in [3.63, 3.8) is 0 Å². The zero-order valence-electron chi connectivity index (χ0n) is 37.9. The Labute approximate surface area is 392 Å². The van der Waals surface area contributed by atoms with Crippen LogP contribution in [0.2, 0.25) is 0 Å². The summed E-state index contributed by atoms with van der Waals surface area (Å²) in [6, 6.07) is 65.3. The van der Waals surface area contributed by atoms with Crippen LogP contribution in [-0.2, 0) is 10.8 Å². The third kappa shape index (κ3) is 5.12. The lowest BCUT2D eigenvalue weighted by Crippen LogP contribution is -2.31. The first-order valence-corrected chi connectivity index (χ1v) is 24.8. The van der Waals surface area contributed by atoms with Crippen molar-refractivity contribution < 1.29 is 0 Å². The van der Waals surface area contributed by atoms with Gasteiger partial charge in [0.25, 0.3) is 0 Å². The topological polar surface area (TPSA) is 6.48 Å². The van der Waals surface area contributed by atoms with Gasteiger partial charge in [-0.1, -0.05) is 137 Å². The van der Waals surface area contributed by atoms with Crippen molar-refractivity contribution in [1.29, 1.82) is 0 Å². The second-order valence-corrected chi connectivity index (χ2v) is 22.0. The van der Waals surface area contributed by atoms with Crippen LogP contribution in [0.4, 0.5) is 34.1 Å². The van der Waals surface area contributed by atoms with Gasteiger partial charge in [-0.05, 0) is 129 Å². The van der Waals surface area contributed by atoms with Crippen LogP contribution >= 0.6 is 22.7 Å². The SMILES string of the molecule is Cc1ccc2c(c1)N(c1cc3c4ccccc4c(N4c5cc(C)ccc5C(C)(C)c5cc6c(cc54)sc4ccccc46)cc3c3ccccc13)c1cc3sc4ccccc4c3cc1C2(C)C. The summed E-state index contributed by atoms with van der Waals surface area (Å²) >= 11 is 3.80. The molecule has 4 heterocycles. The molecular weight excluding hydrogens is 837 g/mol. The summed E-state index contributed by atoms with van der Waals surface area (Å²) in [5.74, 6) is 0. The quantitative estimate of drug-likeness (QED) is 0.160. The Morgan fingerprint density at radius 2 is 0.652 bits per heavy atom. The lowest BCUT2D eigenvalue weighted by atomic mass is 9.72. The van der Waals surface area contributed by atoms with Crippen LogP contribution in [0.3, 0.4) is 0 Å². The zero-order valence-corrected chi connectivity index (χ0v) is 39.5. The number of benzene rings is 10. The maximum atomic E-state index is 2.61. The monoisotopic (exact) mass is 882 g/mol. The highest BCUT2D eigenvalue weighted by molar-refractivity contribution is 7.26. The van der Waals surface area contributed by atoms with Gasteiger partial charge in [-0.3, -0.25) is 0 Å². The van der Waals surface area contributed by atoms with Crippen molar-refractivity contribution in [1.82, 2.24) is 0 Å². The van der Waals surface area contributed by atoms with Gasteiger partial charge in [0.15, 0.2) is 0 Å². The number of hydrogen-bond donors (Lipinski definition) is 0. The number of thiophene rings is 2. The Bertz CT molecular complexity index is 3840. The van der Waals surface area contributed by atoms with E-state index in [1.54, 1.807) is 0 Å². The van der Waals surface area contributed by atoms with Crippen molar-refractivity contribution in [2.24, 2.45) is 0 Å². The van der Waals surface area contributed by atoms with E-state index in [1.807, 2.05) is 22.7 Å². The maximum Gasteiger partial charge on any atom is 0.0546 e. The Morgan fingerprint density at radius 3 is 1.08 bits per heavy atom. The van der Waals surface area contributed by atoms with Crippen molar-refractivity contribution in [2.45, 2.75) is 52.4 Å². The first kappa shape index (κ1) is 38.3. The molecule has 0 amide bonds. The molecule has 0 atom stereocenters. The third-order valence-electron chi connectivity index (χ3n) is 15.3. The molecule has 14 rings (SSSR count). The molecule has 4 heteroatoms. The van der Waals surface area contributed by atoms with Crippen molar-refractivity contribution in [3.8, 4) is 0 Å². The lowest BCUT2D eigenvalue weighted by Gasteiger charge is -2.43. The Morgan fingerprint density at radius 1 is 0.288 bits per heavy atom. The van der Waals surface area contributed by atoms with E-state index in [2.05, 4.69) is 221 Å². The molecule has 0 spiro atoms. The minimum absolute atomic E-state index is 0.213. The highest BCUT2D eigenvalue weighted by Gasteiger charge is 2.40. The standard InChI is InChI=1S/C62H46N2S2/c1-35-23-25-47-53(27-35)63(55-33-59-45(29-49(55)61(47,3)4)41-19-11-13-21-57(41)65-59)51-31-43-38-16-8-10-18-40(38)52(32-44(43)37-15-7-9-17-39(37)51)64-54-28-36(2)24-26-48(54)62(5,6)50-30-46-42-20-12-14-22-58(42)66-60(46)34-56(50)64/h7-34H,1-6H3. The fourth-order valence-corrected chi connectivity index (χ4v) is 14.2. The number of hydrogen-bond acceptors (Lipinski definition) is 4. The van der Waals surface area contributed by atoms with Gasteiger partial charge in [0.2, 0.25) is 0 Å². The number of rotatable bonds is 2. The average Bonchev–Trinajstić information content (AvgIpc) is 3.88. The predicted octanol–water partition coefficient (Wildman–Crippen LogP) is 18.7. The molecule has 12 aromatic rings. The molecule has 0 radical (unpaired) electrons. The molecule has 0 bridgehead atoms. The average molecular weight is 883 g/mol. The molecule has 0 saturated carbocycles. The van der Waals surface area contributed by atoms with Gasteiger partial charge in [-0.15, -0.1) is 22.7 Å². The summed E-state index contributed by atoms with van der Waals surface area (Å²) < 4.78 is 5.30. The predicted molar refractivity (Wildman–Crippen MR) is 288 cm³/mol.